The number of aliphatic imine (C=N–C) groups is 1. The van der Waals surface area contributed by atoms with Gasteiger partial charge in [0.25, 0.3) is 0 Å². The van der Waals surface area contributed by atoms with E-state index < -0.39 is 0 Å². The van der Waals surface area contributed by atoms with Crippen molar-refractivity contribution in [3.8, 4) is 0 Å². The summed E-state index contributed by atoms with van der Waals surface area (Å²) in [7, 11) is 0. The molecule has 1 atom stereocenters. The number of thioether (sulfide) groups is 1. The molecule has 0 spiro atoms. The summed E-state index contributed by atoms with van der Waals surface area (Å²) >= 11 is 1.49. The third-order valence-corrected chi connectivity index (χ3v) is 5.73. The van der Waals surface area contributed by atoms with Gasteiger partial charge in [-0.05, 0) is 49.8 Å². The Bertz CT molecular complexity index is 1060. The van der Waals surface area contributed by atoms with Gasteiger partial charge in [-0.2, -0.15) is 0 Å². The van der Waals surface area contributed by atoms with E-state index in [-0.39, 0.29) is 11.2 Å². The van der Waals surface area contributed by atoms with Crippen LogP contribution in [0.5, 0.6) is 0 Å². The van der Waals surface area contributed by atoms with Crippen LogP contribution in [0.2, 0.25) is 0 Å². The molecule has 1 aliphatic heterocycles. The molecule has 29 heavy (non-hydrogen) atoms. The molecule has 0 N–H and O–H groups in total. The lowest BCUT2D eigenvalue weighted by molar-refractivity contribution is -0.117. The summed E-state index contributed by atoms with van der Waals surface area (Å²) in [6.45, 7) is 4.00. The molecule has 0 unspecified atom stereocenters. The number of benzene rings is 3. The van der Waals surface area contributed by atoms with Gasteiger partial charge in [0.15, 0.2) is 0 Å². The monoisotopic (exact) mass is 398 g/mol. The summed E-state index contributed by atoms with van der Waals surface area (Å²) < 4.78 is 0. The third-order valence-electron chi connectivity index (χ3n) is 4.72. The first-order valence-corrected chi connectivity index (χ1v) is 10.5. The summed E-state index contributed by atoms with van der Waals surface area (Å²) in [6.07, 6.45) is 2.02. The van der Waals surface area contributed by atoms with Gasteiger partial charge in [0.05, 0.1) is 21.7 Å². The van der Waals surface area contributed by atoms with Crippen molar-refractivity contribution < 1.29 is 4.79 Å². The minimum absolute atomic E-state index is 0.0467. The van der Waals surface area contributed by atoms with Crippen molar-refractivity contribution >= 4 is 39.8 Å². The SMILES string of the molecule is Cc1ccc(N=C2C=C(c3ccccc3)N(c3ccccc3)C(=O)[C@H](C)S2)cc1. The highest BCUT2D eigenvalue weighted by Crippen LogP contribution is 2.34. The molecule has 1 aliphatic rings. The molecule has 3 aromatic carbocycles. The Morgan fingerprint density at radius 1 is 0.862 bits per heavy atom. The number of carbonyl (C=O) groups is 1. The zero-order chi connectivity index (χ0) is 20.2. The normalized spacial score (nSPS) is 18.5. The van der Waals surface area contributed by atoms with Crippen LogP contribution in [0.1, 0.15) is 18.1 Å². The van der Waals surface area contributed by atoms with Crippen LogP contribution < -0.4 is 4.90 Å². The second-order valence-electron chi connectivity index (χ2n) is 6.95. The van der Waals surface area contributed by atoms with E-state index in [0.717, 1.165) is 27.7 Å². The number of carbonyl (C=O) groups excluding carboxylic acids is 1. The van der Waals surface area contributed by atoms with Crippen LogP contribution in [-0.4, -0.2) is 16.2 Å². The zero-order valence-electron chi connectivity index (χ0n) is 16.4. The first-order chi connectivity index (χ1) is 14.1. The molecule has 0 aliphatic carbocycles. The van der Waals surface area contributed by atoms with Gasteiger partial charge in [-0.25, -0.2) is 4.99 Å². The summed E-state index contributed by atoms with van der Waals surface area (Å²) in [4.78, 5) is 20.0. The average Bonchev–Trinajstić information content (AvgIpc) is 2.87. The topological polar surface area (TPSA) is 32.7 Å². The van der Waals surface area contributed by atoms with Gasteiger partial charge in [-0.15, -0.1) is 0 Å². The maximum absolute atomic E-state index is 13.4. The minimum atomic E-state index is -0.253. The van der Waals surface area contributed by atoms with Gasteiger partial charge < -0.3 is 0 Å². The molecule has 0 aromatic heterocycles. The number of hydrogen-bond donors (Lipinski definition) is 0. The molecule has 0 bridgehead atoms. The lowest BCUT2D eigenvalue weighted by Gasteiger charge is -2.26. The molecule has 4 heteroatoms. The van der Waals surface area contributed by atoms with Gasteiger partial charge in [0.2, 0.25) is 5.91 Å². The van der Waals surface area contributed by atoms with Gasteiger partial charge >= 0.3 is 0 Å². The van der Waals surface area contributed by atoms with E-state index >= 15 is 0 Å². The fourth-order valence-electron chi connectivity index (χ4n) is 3.22. The van der Waals surface area contributed by atoms with Crippen LogP contribution in [0.25, 0.3) is 5.70 Å². The number of nitrogens with zero attached hydrogens (tertiary/aromatic N) is 2. The molecule has 0 saturated heterocycles. The molecular formula is C25H22N2OS. The maximum Gasteiger partial charge on any atom is 0.244 e. The predicted molar refractivity (Wildman–Crippen MR) is 124 cm³/mol. The van der Waals surface area contributed by atoms with Crippen molar-refractivity contribution in [1.82, 2.24) is 0 Å². The Hall–Kier alpha value is -3.11. The van der Waals surface area contributed by atoms with Crippen molar-refractivity contribution in [3.63, 3.8) is 0 Å². The summed E-state index contributed by atoms with van der Waals surface area (Å²) in [5, 5.41) is 0.573. The lowest BCUT2D eigenvalue weighted by atomic mass is 10.1. The van der Waals surface area contributed by atoms with Crippen LogP contribution in [0.4, 0.5) is 11.4 Å². The smallest absolute Gasteiger partial charge is 0.244 e. The summed E-state index contributed by atoms with van der Waals surface area (Å²) in [6, 6.07) is 27.9. The number of anilines is 1. The number of para-hydroxylation sites is 1. The van der Waals surface area contributed by atoms with Crippen LogP contribution in [-0.2, 0) is 4.79 Å². The summed E-state index contributed by atoms with van der Waals surface area (Å²) in [5.74, 6) is 0.0467. The minimum Gasteiger partial charge on any atom is -0.279 e. The van der Waals surface area contributed by atoms with E-state index in [1.807, 2.05) is 103 Å². The van der Waals surface area contributed by atoms with Crippen molar-refractivity contribution in [2.24, 2.45) is 4.99 Å². The standard InChI is InChI=1S/C25H22N2OS/c1-18-13-15-21(16-14-18)26-24-17-23(20-9-5-3-6-10-20)27(25(28)19(2)29-24)22-11-7-4-8-12-22/h3-17,19H,1-2H3/t19-/m0/s1. The second-order valence-corrected chi connectivity index (χ2v) is 8.31. The van der Waals surface area contributed by atoms with Crippen molar-refractivity contribution in [2.45, 2.75) is 19.1 Å². The Kier molecular flexibility index (Phi) is 5.63. The predicted octanol–water partition coefficient (Wildman–Crippen LogP) is 6.23. The van der Waals surface area contributed by atoms with Crippen molar-refractivity contribution in [1.29, 1.82) is 0 Å². The molecule has 3 aromatic rings. The Morgan fingerprint density at radius 2 is 1.48 bits per heavy atom. The Morgan fingerprint density at radius 3 is 2.14 bits per heavy atom. The van der Waals surface area contributed by atoms with Crippen molar-refractivity contribution in [2.75, 3.05) is 4.90 Å². The molecule has 1 amide bonds. The second kappa shape index (κ2) is 8.50. The third kappa shape index (κ3) is 4.33. The van der Waals surface area contributed by atoms with Crippen LogP contribution in [0.15, 0.2) is 96.0 Å². The quantitative estimate of drug-likeness (QED) is 0.523. The summed E-state index contributed by atoms with van der Waals surface area (Å²) in [5.41, 5.74) is 4.76. The lowest BCUT2D eigenvalue weighted by Crippen LogP contribution is -2.34. The van der Waals surface area contributed by atoms with Crippen LogP contribution in [0, 0.1) is 6.92 Å². The molecule has 0 fully saturated rings. The van der Waals surface area contributed by atoms with E-state index in [9.17, 15) is 4.79 Å². The van der Waals surface area contributed by atoms with Gasteiger partial charge in [0, 0.05) is 5.69 Å². The molecule has 1 heterocycles. The largest absolute Gasteiger partial charge is 0.279 e. The fourth-order valence-corrected chi connectivity index (χ4v) is 4.12. The van der Waals surface area contributed by atoms with E-state index in [2.05, 4.69) is 6.92 Å². The highest BCUT2D eigenvalue weighted by atomic mass is 32.2. The fraction of sp³-hybridized carbons (Fsp3) is 0.120. The highest BCUT2D eigenvalue weighted by molar-refractivity contribution is 8.15. The first kappa shape index (κ1) is 19.2. The van der Waals surface area contributed by atoms with Crippen molar-refractivity contribution in [3.05, 3.63) is 102 Å². The maximum atomic E-state index is 13.4. The molecule has 4 rings (SSSR count). The van der Waals surface area contributed by atoms with Crippen LogP contribution in [0.3, 0.4) is 0 Å². The highest BCUT2D eigenvalue weighted by Gasteiger charge is 2.30. The number of hydrogen-bond acceptors (Lipinski definition) is 3. The van der Waals surface area contributed by atoms with Crippen LogP contribution >= 0.6 is 11.8 Å². The molecule has 0 radical (unpaired) electrons. The first-order valence-electron chi connectivity index (χ1n) is 9.60. The van der Waals surface area contributed by atoms with E-state index in [1.54, 1.807) is 0 Å². The molecular weight excluding hydrogens is 376 g/mol. The van der Waals surface area contributed by atoms with Gasteiger partial charge in [0.1, 0.15) is 0 Å². The number of aryl methyl sites for hydroxylation is 1. The van der Waals surface area contributed by atoms with E-state index in [0.29, 0.717) is 0 Å². The van der Waals surface area contributed by atoms with E-state index in [4.69, 9.17) is 4.99 Å². The molecule has 0 saturated carbocycles. The van der Waals surface area contributed by atoms with Gasteiger partial charge in [-0.3, -0.25) is 9.69 Å². The zero-order valence-corrected chi connectivity index (χ0v) is 17.3. The molecule has 3 nitrogen and oxygen atoms in total. The average molecular weight is 399 g/mol. The number of rotatable bonds is 3. The Labute approximate surface area is 175 Å². The van der Waals surface area contributed by atoms with Gasteiger partial charge in [-0.1, -0.05) is 78.0 Å². The molecule has 144 valence electrons. The Balaban J connectivity index is 1.87. The number of amides is 1. The van der Waals surface area contributed by atoms with E-state index in [1.165, 1.54) is 17.3 Å².